The summed E-state index contributed by atoms with van der Waals surface area (Å²) in [6.07, 6.45) is 0. The van der Waals surface area contributed by atoms with Crippen LogP contribution in [0.2, 0.25) is 0 Å². The molecule has 3 aromatic carbocycles. The number of likely N-dealkylation sites (N-methyl/N-ethyl adjacent to an activating group) is 1. The van der Waals surface area contributed by atoms with Gasteiger partial charge in [0.25, 0.3) is 0 Å². The first kappa shape index (κ1) is 21.1. The molecule has 3 nitrogen and oxygen atoms in total. The van der Waals surface area contributed by atoms with Crippen molar-refractivity contribution >= 4 is 21.8 Å². The van der Waals surface area contributed by atoms with Gasteiger partial charge in [-0.25, -0.2) is 0 Å². The molecule has 1 aromatic heterocycles. The normalized spacial score (nSPS) is 11.0. The largest absolute Gasteiger partial charge is 1.00 e. The van der Waals surface area contributed by atoms with Crippen molar-refractivity contribution in [2.24, 2.45) is 0 Å². The van der Waals surface area contributed by atoms with Crippen LogP contribution in [0.5, 0.6) is 5.75 Å². The Kier molecular flexibility index (Phi) is 6.73. The van der Waals surface area contributed by atoms with Crippen LogP contribution in [-0.2, 0) is 6.54 Å². The third-order valence-electron chi connectivity index (χ3n) is 5.18. The minimum Gasteiger partial charge on any atom is -1.00 e. The molecule has 1 heterocycles. The predicted molar refractivity (Wildman–Crippen MR) is 117 cm³/mol. The Bertz CT molecular complexity index is 1110. The molecular weight excluding hydrogens is 380 g/mol. The van der Waals surface area contributed by atoms with Gasteiger partial charge < -0.3 is 22.0 Å². The molecule has 4 aromatic rings. The Morgan fingerprint density at radius 3 is 2.24 bits per heavy atom. The standard InChI is InChI=1S/C25H27N2O.ClH/c1-4-27-23-13-9-8-12-21(23)25(19-10-6-5-7-11-19)22-18-20(14-15-24(22)27)28-17-16-26(2)3;/h5-15,18H,4,16-17H2,1-3H3;1H/q+1;/p-1. The zero-order valence-electron chi connectivity index (χ0n) is 17.2. The van der Waals surface area contributed by atoms with Crippen molar-refractivity contribution in [3.63, 3.8) is 0 Å². The molecule has 4 rings (SSSR count). The fraction of sp³-hybridized carbons (Fsp3) is 0.240. The van der Waals surface area contributed by atoms with Gasteiger partial charge in [0.1, 0.15) is 18.9 Å². The molecule has 0 bridgehead atoms. The lowest BCUT2D eigenvalue weighted by Gasteiger charge is -2.14. The number of pyridine rings is 1. The zero-order valence-corrected chi connectivity index (χ0v) is 18.0. The summed E-state index contributed by atoms with van der Waals surface area (Å²) in [5.41, 5.74) is 5.00. The summed E-state index contributed by atoms with van der Waals surface area (Å²) in [4.78, 5) is 2.13. The van der Waals surface area contributed by atoms with E-state index in [0.29, 0.717) is 6.61 Å². The maximum atomic E-state index is 6.05. The van der Waals surface area contributed by atoms with Crippen LogP contribution >= 0.6 is 0 Å². The summed E-state index contributed by atoms with van der Waals surface area (Å²) in [5, 5.41) is 2.50. The maximum absolute atomic E-state index is 6.05. The molecule has 0 radical (unpaired) electrons. The molecule has 0 atom stereocenters. The molecule has 0 aliphatic rings. The Hall–Kier alpha value is -2.62. The molecule has 0 aliphatic heterocycles. The summed E-state index contributed by atoms with van der Waals surface area (Å²) in [6.45, 7) is 4.71. The first-order chi connectivity index (χ1) is 13.7. The lowest BCUT2D eigenvalue weighted by atomic mass is 9.95. The molecule has 0 saturated carbocycles. The van der Waals surface area contributed by atoms with Crippen molar-refractivity contribution in [2.75, 3.05) is 27.2 Å². The molecule has 0 aliphatic carbocycles. The van der Waals surface area contributed by atoms with Crippen LogP contribution in [0.1, 0.15) is 6.92 Å². The van der Waals surface area contributed by atoms with Crippen LogP contribution in [0.15, 0.2) is 72.8 Å². The number of nitrogens with zero attached hydrogens (tertiary/aromatic N) is 2. The van der Waals surface area contributed by atoms with Gasteiger partial charge in [0.15, 0.2) is 0 Å². The second kappa shape index (κ2) is 9.25. The lowest BCUT2D eigenvalue weighted by molar-refractivity contribution is -0.641. The van der Waals surface area contributed by atoms with E-state index in [1.54, 1.807) is 0 Å². The minimum atomic E-state index is 0. The van der Waals surface area contributed by atoms with Crippen LogP contribution in [0.3, 0.4) is 0 Å². The average Bonchev–Trinajstić information content (AvgIpc) is 2.72. The van der Waals surface area contributed by atoms with Crippen molar-refractivity contribution < 1.29 is 21.7 Å². The summed E-state index contributed by atoms with van der Waals surface area (Å²) in [6, 6.07) is 25.8. The number of ether oxygens (including phenoxy) is 1. The van der Waals surface area contributed by atoms with E-state index in [1.807, 2.05) is 0 Å². The quantitative estimate of drug-likeness (QED) is 0.359. The van der Waals surface area contributed by atoms with E-state index in [-0.39, 0.29) is 12.4 Å². The van der Waals surface area contributed by atoms with E-state index in [9.17, 15) is 0 Å². The van der Waals surface area contributed by atoms with E-state index in [1.165, 1.54) is 32.9 Å². The summed E-state index contributed by atoms with van der Waals surface area (Å²) in [7, 11) is 4.13. The van der Waals surface area contributed by atoms with E-state index in [2.05, 4.69) is 103 Å². The van der Waals surface area contributed by atoms with E-state index in [4.69, 9.17) is 4.74 Å². The number of benzene rings is 3. The highest BCUT2D eigenvalue weighted by molar-refractivity contribution is 6.07. The van der Waals surface area contributed by atoms with Crippen LogP contribution in [0, 0.1) is 0 Å². The Morgan fingerprint density at radius 1 is 0.828 bits per heavy atom. The van der Waals surface area contributed by atoms with Gasteiger partial charge >= 0.3 is 0 Å². The highest BCUT2D eigenvalue weighted by atomic mass is 35.5. The number of aromatic nitrogens is 1. The highest BCUT2D eigenvalue weighted by Gasteiger charge is 2.20. The molecule has 29 heavy (non-hydrogen) atoms. The molecule has 0 amide bonds. The molecule has 150 valence electrons. The Morgan fingerprint density at radius 2 is 1.52 bits per heavy atom. The topological polar surface area (TPSA) is 16.4 Å². The number of aryl methyl sites for hydroxylation is 1. The Labute approximate surface area is 178 Å². The van der Waals surface area contributed by atoms with Crippen molar-refractivity contribution in [1.29, 1.82) is 0 Å². The van der Waals surface area contributed by atoms with E-state index in [0.717, 1.165) is 18.8 Å². The van der Waals surface area contributed by atoms with Crippen molar-refractivity contribution in [3.8, 4) is 16.9 Å². The summed E-state index contributed by atoms with van der Waals surface area (Å²) >= 11 is 0. The second-order valence-corrected chi connectivity index (χ2v) is 7.33. The average molecular weight is 407 g/mol. The van der Waals surface area contributed by atoms with Crippen molar-refractivity contribution in [3.05, 3.63) is 72.8 Å². The third-order valence-corrected chi connectivity index (χ3v) is 5.18. The van der Waals surface area contributed by atoms with E-state index < -0.39 is 0 Å². The number of hydrogen-bond acceptors (Lipinski definition) is 2. The SMILES string of the molecule is CC[n+]1c2ccccc2c(-c2ccccc2)c2cc(OCCN(C)C)ccc21.[Cl-]. The smallest absolute Gasteiger partial charge is 0.213 e. The maximum Gasteiger partial charge on any atom is 0.213 e. The Balaban J connectivity index is 0.00000240. The number of rotatable bonds is 6. The molecular formula is C25H27ClN2O. The van der Waals surface area contributed by atoms with Gasteiger partial charge in [0.05, 0.1) is 10.8 Å². The first-order valence-electron chi connectivity index (χ1n) is 9.90. The summed E-state index contributed by atoms with van der Waals surface area (Å²) in [5.74, 6) is 0.921. The fourth-order valence-electron chi connectivity index (χ4n) is 3.84. The lowest BCUT2D eigenvalue weighted by Crippen LogP contribution is -3.00. The fourth-order valence-corrected chi connectivity index (χ4v) is 3.84. The number of halogens is 1. The molecule has 0 unspecified atom stereocenters. The predicted octanol–water partition coefficient (Wildman–Crippen LogP) is 1.91. The van der Waals surface area contributed by atoms with Crippen LogP contribution in [-0.4, -0.2) is 32.1 Å². The van der Waals surface area contributed by atoms with Gasteiger partial charge in [0.2, 0.25) is 11.0 Å². The molecule has 0 spiro atoms. The third kappa shape index (κ3) is 4.21. The molecule has 4 heteroatoms. The van der Waals surface area contributed by atoms with Gasteiger partial charge in [-0.05, 0) is 44.8 Å². The number of para-hydroxylation sites is 1. The van der Waals surface area contributed by atoms with Gasteiger partial charge in [-0.15, -0.1) is 0 Å². The van der Waals surface area contributed by atoms with E-state index >= 15 is 0 Å². The monoisotopic (exact) mass is 406 g/mol. The van der Waals surface area contributed by atoms with Gasteiger partial charge in [-0.3, -0.25) is 0 Å². The van der Waals surface area contributed by atoms with Gasteiger partial charge in [-0.2, -0.15) is 4.57 Å². The van der Waals surface area contributed by atoms with Crippen LogP contribution < -0.4 is 21.7 Å². The molecule has 0 fully saturated rings. The molecule has 0 N–H and O–H groups in total. The first-order valence-corrected chi connectivity index (χ1v) is 9.90. The number of fused-ring (bicyclic) bond motifs is 2. The van der Waals surface area contributed by atoms with Crippen molar-refractivity contribution in [2.45, 2.75) is 13.5 Å². The second-order valence-electron chi connectivity index (χ2n) is 7.33. The van der Waals surface area contributed by atoms with Gasteiger partial charge in [-0.1, -0.05) is 42.5 Å². The summed E-state index contributed by atoms with van der Waals surface area (Å²) < 4.78 is 8.44. The zero-order chi connectivity index (χ0) is 19.5. The number of hydrogen-bond donors (Lipinski definition) is 0. The van der Waals surface area contributed by atoms with Gasteiger partial charge in [0, 0.05) is 24.2 Å². The van der Waals surface area contributed by atoms with Crippen LogP contribution in [0.25, 0.3) is 32.9 Å². The van der Waals surface area contributed by atoms with Crippen LogP contribution in [0.4, 0.5) is 0 Å². The minimum absolute atomic E-state index is 0. The van der Waals surface area contributed by atoms with Crippen molar-refractivity contribution in [1.82, 2.24) is 4.90 Å². The molecule has 0 saturated heterocycles. The highest BCUT2D eigenvalue weighted by Crippen LogP contribution is 2.35.